The van der Waals surface area contributed by atoms with Gasteiger partial charge in [-0.05, 0) is 37.1 Å². The number of halogens is 1. The van der Waals surface area contributed by atoms with Crippen LogP contribution in [-0.4, -0.2) is 9.55 Å². The molecule has 1 aromatic carbocycles. The number of nitrogens with zero attached hydrogens (tertiary/aromatic N) is 3. The van der Waals surface area contributed by atoms with Crippen LogP contribution in [-0.2, 0) is 6.54 Å². The highest BCUT2D eigenvalue weighted by atomic mass is 35.5. The van der Waals surface area contributed by atoms with Crippen LogP contribution >= 0.6 is 11.6 Å². The molecule has 0 saturated carbocycles. The third-order valence-electron chi connectivity index (χ3n) is 3.06. The molecule has 19 heavy (non-hydrogen) atoms. The predicted octanol–water partition coefficient (Wildman–Crippen LogP) is 2.43. The van der Waals surface area contributed by atoms with E-state index >= 15 is 0 Å². The lowest BCUT2D eigenvalue weighted by atomic mass is 10.1. The number of hydrogen-bond acceptors (Lipinski definition) is 3. The van der Waals surface area contributed by atoms with Crippen molar-refractivity contribution in [3.05, 3.63) is 62.3 Å². The van der Waals surface area contributed by atoms with Gasteiger partial charge in [0, 0.05) is 11.3 Å². The summed E-state index contributed by atoms with van der Waals surface area (Å²) in [4.78, 5) is 16.3. The molecule has 1 heterocycles. The number of hydrogen-bond donors (Lipinski definition) is 0. The molecule has 2 rings (SSSR count). The predicted molar refractivity (Wildman–Crippen MR) is 73.2 cm³/mol. The van der Waals surface area contributed by atoms with E-state index in [-0.39, 0.29) is 17.4 Å². The molecule has 4 nitrogen and oxygen atoms in total. The molecule has 0 atom stereocenters. The number of nitriles is 1. The van der Waals surface area contributed by atoms with Gasteiger partial charge in [-0.25, -0.2) is 4.98 Å². The van der Waals surface area contributed by atoms with Crippen LogP contribution in [0.4, 0.5) is 0 Å². The number of aryl methyl sites for hydroxylation is 1. The third-order valence-corrected chi connectivity index (χ3v) is 3.35. The van der Waals surface area contributed by atoms with Crippen molar-refractivity contribution in [2.45, 2.75) is 20.4 Å². The van der Waals surface area contributed by atoms with E-state index in [1.165, 1.54) is 4.57 Å². The Morgan fingerprint density at radius 1 is 1.37 bits per heavy atom. The Hall–Kier alpha value is -2.12. The quantitative estimate of drug-likeness (QED) is 0.790. The number of rotatable bonds is 2. The molecular weight excluding hydrogens is 262 g/mol. The minimum atomic E-state index is -0.176. The van der Waals surface area contributed by atoms with Crippen LogP contribution in [0.25, 0.3) is 0 Å². The molecule has 0 fully saturated rings. The van der Waals surface area contributed by atoms with Crippen LogP contribution in [0.1, 0.15) is 22.4 Å². The van der Waals surface area contributed by atoms with Crippen molar-refractivity contribution in [1.29, 1.82) is 5.26 Å². The standard InChI is InChI=1S/C14H12ClN3O/c1-9-10(2)17-14(15)18(13(9)19)8-12-6-4-3-5-11(12)7-16/h3-6H,8H2,1-2H3. The lowest BCUT2D eigenvalue weighted by Gasteiger charge is -2.11. The first kappa shape index (κ1) is 13.3. The lowest BCUT2D eigenvalue weighted by molar-refractivity contribution is 0.721. The Bertz CT molecular complexity index is 728. The zero-order valence-electron chi connectivity index (χ0n) is 10.6. The fourth-order valence-corrected chi connectivity index (χ4v) is 2.06. The van der Waals surface area contributed by atoms with Gasteiger partial charge in [0.25, 0.3) is 5.56 Å². The molecule has 5 heteroatoms. The molecule has 0 aliphatic heterocycles. The van der Waals surface area contributed by atoms with E-state index in [0.717, 1.165) is 5.56 Å². The van der Waals surface area contributed by atoms with E-state index in [1.807, 2.05) is 6.07 Å². The molecule has 0 saturated heterocycles. The molecule has 0 bridgehead atoms. The average molecular weight is 274 g/mol. The Morgan fingerprint density at radius 2 is 2.05 bits per heavy atom. The highest BCUT2D eigenvalue weighted by molar-refractivity contribution is 6.28. The lowest BCUT2D eigenvalue weighted by Crippen LogP contribution is -2.26. The minimum Gasteiger partial charge on any atom is -0.279 e. The summed E-state index contributed by atoms with van der Waals surface area (Å²) in [6.07, 6.45) is 0. The maximum absolute atomic E-state index is 12.2. The second-order valence-electron chi connectivity index (χ2n) is 4.25. The van der Waals surface area contributed by atoms with E-state index in [4.69, 9.17) is 16.9 Å². The first-order chi connectivity index (χ1) is 9.04. The van der Waals surface area contributed by atoms with Gasteiger partial charge in [-0.2, -0.15) is 5.26 Å². The third kappa shape index (κ3) is 2.51. The molecule has 0 N–H and O–H groups in total. The van der Waals surface area contributed by atoms with Crippen LogP contribution in [0.3, 0.4) is 0 Å². The summed E-state index contributed by atoms with van der Waals surface area (Å²) >= 11 is 6.02. The molecule has 1 aromatic heterocycles. The smallest absolute Gasteiger partial charge is 0.257 e. The Labute approximate surface area is 115 Å². The van der Waals surface area contributed by atoms with Crippen LogP contribution in [0, 0.1) is 25.2 Å². The number of aromatic nitrogens is 2. The highest BCUT2D eigenvalue weighted by Gasteiger charge is 2.11. The van der Waals surface area contributed by atoms with Crippen molar-refractivity contribution in [2.24, 2.45) is 0 Å². The van der Waals surface area contributed by atoms with Crippen LogP contribution < -0.4 is 5.56 Å². The van der Waals surface area contributed by atoms with E-state index in [0.29, 0.717) is 16.8 Å². The van der Waals surface area contributed by atoms with Crippen molar-refractivity contribution in [3.8, 4) is 6.07 Å². The maximum atomic E-state index is 12.2. The summed E-state index contributed by atoms with van der Waals surface area (Å²) in [5.74, 6) is 0. The zero-order valence-corrected chi connectivity index (χ0v) is 11.4. The van der Waals surface area contributed by atoms with E-state index in [9.17, 15) is 4.79 Å². The van der Waals surface area contributed by atoms with Crippen LogP contribution in [0.5, 0.6) is 0 Å². The SMILES string of the molecule is Cc1nc(Cl)n(Cc2ccccc2C#N)c(=O)c1C. The second-order valence-corrected chi connectivity index (χ2v) is 4.59. The van der Waals surface area contributed by atoms with Crippen molar-refractivity contribution in [1.82, 2.24) is 9.55 Å². The molecular formula is C14H12ClN3O. The Morgan fingerprint density at radius 3 is 2.74 bits per heavy atom. The van der Waals surface area contributed by atoms with Gasteiger partial charge in [0.05, 0.1) is 18.2 Å². The molecule has 0 unspecified atom stereocenters. The van der Waals surface area contributed by atoms with Gasteiger partial charge in [0.15, 0.2) is 0 Å². The van der Waals surface area contributed by atoms with Gasteiger partial charge >= 0.3 is 0 Å². The summed E-state index contributed by atoms with van der Waals surface area (Å²) < 4.78 is 1.38. The molecule has 96 valence electrons. The molecule has 0 amide bonds. The van der Waals surface area contributed by atoms with Crippen molar-refractivity contribution in [3.63, 3.8) is 0 Å². The van der Waals surface area contributed by atoms with Crippen molar-refractivity contribution in [2.75, 3.05) is 0 Å². The summed E-state index contributed by atoms with van der Waals surface area (Å²) in [7, 11) is 0. The van der Waals surface area contributed by atoms with Gasteiger partial charge in [-0.3, -0.25) is 9.36 Å². The fraction of sp³-hybridized carbons (Fsp3) is 0.214. The molecule has 0 spiro atoms. The maximum Gasteiger partial charge on any atom is 0.257 e. The Balaban J connectivity index is 2.54. The van der Waals surface area contributed by atoms with Gasteiger partial charge in [-0.15, -0.1) is 0 Å². The van der Waals surface area contributed by atoms with E-state index in [2.05, 4.69) is 11.1 Å². The van der Waals surface area contributed by atoms with Crippen LogP contribution in [0.2, 0.25) is 5.28 Å². The summed E-state index contributed by atoms with van der Waals surface area (Å²) in [5, 5.41) is 9.19. The summed E-state index contributed by atoms with van der Waals surface area (Å²) in [6, 6.07) is 9.22. The van der Waals surface area contributed by atoms with Gasteiger partial charge in [0.2, 0.25) is 5.28 Å². The molecule has 0 aliphatic carbocycles. The van der Waals surface area contributed by atoms with Gasteiger partial charge in [-0.1, -0.05) is 18.2 Å². The van der Waals surface area contributed by atoms with Gasteiger partial charge < -0.3 is 0 Å². The number of benzene rings is 1. The highest BCUT2D eigenvalue weighted by Crippen LogP contribution is 2.12. The van der Waals surface area contributed by atoms with Crippen LogP contribution in [0.15, 0.2) is 29.1 Å². The Kier molecular flexibility index (Phi) is 3.68. The summed E-state index contributed by atoms with van der Waals surface area (Å²) in [5.41, 5.74) is 2.30. The van der Waals surface area contributed by atoms with Gasteiger partial charge in [0.1, 0.15) is 0 Å². The first-order valence-corrected chi connectivity index (χ1v) is 6.14. The monoisotopic (exact) mass is 273 g/mol. The minimum absolute atomic E-state index is 0.140. The van der Waals surface area contributed by atoms with Crippen molar-refractivity contribution >= 4 is 11.6 Å². The fourth-order valence-electron chi connectivity index (χ4n) is 1.80. The van der Waals surface area contributed by atoms with E-state index in [1.54, 1.807) is 32.0 Å². The zero-order chi connectivity index (χ0) is 14.0. The average Bonchev–Trinajstić information content (AvgIpc) is 2.41. The topological polar surface area (TPSA) is 58.7 Å². The molecule has 0 radical (unpaired) electrons. The van der Waals surface area contributed by atoms with E-state index < -0.39 is 0 Å². The first-order valence-electron chi connectivity index (χ1n) is 5.76. The molecule has 0 aliphatic rings. The van der Waals surface area contributed by atoms with Crippen molar-refractivity contribution < 1.29 is 0 Å². The summed E-state index contributed by atoms with van der Waals surface area (Å²) in [6.45, 7) is 3.71. The largest absolute Gasteiger partial charge is 0.279 e. The second kappa shape index (κ2) is 5.25. The normalized spacial score (nSPS) is 10.2. The molecule has 2 aromatic rings.